The lowest BCUT2D eigenvalue weighted by Crippen LogP contribution is -2.54. The molecule has 0 aromatic heterocycles. The Kier molecular flexibility index (Phi) is 4.00. The lowest BCUT2D eigenvalue weighted by atomic mass is 9.75. The Labute approximate surface area is 191 Å². The lowest BCUT2D eigenvalue weighted by molar-refractivity contribution is -0.135. The Morgan fingerprint density at radius 1 is 1.03 bits per heavy atom. The Morgan fingerprint density at radius 3 is 2.56 bits per heavy atom. The number of amides is 3. The second kappa shape index (κ2) is 6.42. The van der Waals surface area contributed by atoms with E-state index in [4.69, 9.17) is 11.6 Å². The fourth-order valence-corrected chi connectivity index (χ4v) is 7.00. The zero-order chi connectivity index (χ0) is 22.5. The zero-order valence-corrected chi connectivity index (χ0v) is 19.0. The van der Waals surface area contributed by atoms with Crippen LogP contribution in [-0.2, 0) is 19.9 Å². The summed E-state index contributed by atoms with van der Waals surface area (Å²) in [5.41, 5.74) is 3.67. The van der Waals surface area contributed by atoms with Crippen LogP contribution in [0.1, 0.15) is 35.1 Å². The first-order valence-corrected chi connectivity index (χ1v) is 11.5. The highest BCUT2D eigenvalue weighted by Crippen LogP contribution is 2.61. The average Bonchev–Trinajstić information content (AvgIpc) is 3.42. The molecule has 0 bridgehead atoms. The van der Waals surface area contributed by atoms with E-state index in [-0.39, 0.29) is 23.8 Å². The first-order chi connectivity index (χ1) is 15.3. The topological polar surface area (TPSA) is 69.7 Å². The van der Waals surface area contributed by atoms with Crippen LogP contribution in [0, 0.1) is 32.6 Å². The minimum atomic E-state index is -1.20. The molecule has 7 heteroatoms. The van der Waals surface area contributed by atoms with Crippen molar-refractivity contribution in [3.8, 4) is 0 Å². The maximum atomic E-state index is 14.0. The molecule has 0 saturated carbocycles. The van der Waals surface area contributed by atoms with Gasteiger partial charge in [0.2, 0.25) is 17.7 Å². The Hall–Kier alpha value is -2.70. The predicted molar refractivity (Wildman–Crippen MR) is 122 cm³/mol. The van der Waals surface area contributed by atoms with Crippen molar-refractivity contribution in [1.82, 2.24) is 4.90 Å². The van der Waals surface area contributed by atoms with E-state index in [1.807, 2.05) is 45.0 Å². The number of imide groups is 1. The molecule has 0 radical (unpaired) electrons. The van der Waals surface area contributed by atoms with Gasteiger partial charge in [-0.25, -0.2) is 4.90 Å². The van der Waals surface area contributed by atoms with Gasteiger partial charge in [0.1, 0.15) is 5.54 Å². The van der Waals surface area contributed by atoms with Crippen molar-refractivity contribution in [2.75, 3.05) is 16.8 Å². The summed E-state index contributed by atoms with van der Waals surface area (Å²) >= 11 is 6.43. The number of nitrogens with one attached hydrogen (secondary N) is 1. The number of fused-ring (bicyclic) bond motifs is 7. The minimum absolute atomic E-state index is 0.136. The third-order valence-corrected chi connectivity index (χ3v) is 8.08. The van der Waals surface area contributed by atoms with Gasteiger partial charge < -0.3 is 5.32 Å². The third-order valence-electron chi connectivity index (χ3n) is 7.86. The van der Waals surface area contributed by atoms with Crippen LogP contribution >= 0.6 is 11.6 Å². The highest BCUT2D eigenvalue weighted by molar-refractivity contribution is 6.31. The number of hydrogen-bond donors (Lipinski definition) is 1. The van der Waals surface area contributed by atoms with Crippen LogP contribution in [0.5, 0.6) is 0 Å². The summed E-state index contributed by atoms with van der Waals surface area (Å²) in [5.74, 6) is -2.01. The average molecular weight is 450 g/mol. The van der Waals surface area contributed by atoms with Crippen molar-refractivity contribution < 1.29 is 14.4 Å². The molecule has 2 aromatic carbocycles. The van der Waals surface area contributed by atoms with Crippen LogP contribution in [0.3, 0.4) is 0 Å². The van der Waals surface area contributed by atoms with Gasteiger partial charge in [-0.1, -0.05) is 29.3 Å². The number of hydrogen-bond acceptors (Lipinski definition) is 4. The normalized spacial score (nSPS) is 30.8. The molecular weight excluding hydrogens is 426 g/mol. The molecule has 3 saturated heterocycles. The summed E-state index contributed by atoms with van der Waals surface area (Å²) < 4.78 is 0. The standard InChI is InChI=1S/C25H24ClN3O3/c1-12-6-7-17(13(2)9-12)29-22(30)19-18-5-4-8-28(18)25(20(19)23(29)31)16-11-15(26)10-14(3)21(16)27-24(25)32/h6-7,9-11,18-20H,4-5,8H2,1-3H3,(H,27,32)/t18-,19+,20+,25-/m0/s1. The molecule has 2 aromatic rings. The molecular formula is C25H24ClN3O3. The molecule has 4 aliphatic rings. The van der Waals surface area contributed by atoms with E-state index in [9.17, 15) is 14.4 Å². The number of anilines is 2. The van der Waals surface area contributed by atoms with E-state index < -0.39 is 17.4 Å². The number of aryl methyl sites for hydroxylation is 3. The second-order valence-electron chi connectivity index (χ2n) is 9.57. The molecule has 6 nitrogen and oxygen atoms in total. The molecule has 32 heavy (non-hydrogen) atoms. The van der Waals surface area contributed by atoms with Crippen molar-refractivity contribution >= 4 is 40.7 Å². The molecule has 0 aliphatic carbocycles. The number of rotatable bonds is 1. The first kappa shape index (κ1) is 19.9. The van der Waals surface area contributed by atoms with Gasteiger partial charge in [0, 0.05) is 22.3 Å². The highest BCUT2D eigenvalue weighted by atomic mass is 35.5. The molecule has 4 heterocycles. The number of nitrogens with zero attached hydrogens (tertiary/aromatic N) is 2. The van der Waals surface area contributed by atoms with E-state index in [1.165, 1.54) is 4.90 Å². The summed E-state index contributed by atoms with van der Waals surface area (Å²) in [6.07, 6.45) is 1.69. The van der Waals surface area contributed by atoms with Crippen molar-refractivity contribution in [2.24, 2.45) is 11.8 Å². The molecule has 3 amide bonds. The molecule has 3 fully saturated rings. The zero-order valence-electron chi connectivity index (χ0n) is 18.2. The van der Waals surface area contributed by atoms with E-state index in [0.29, 0.717) is 17.3 Å². The molecule has 4 aliphatic heterocycles. The van der Waals surface area contributed by atoms with Gasteiger partial charge in [-0.3, -0.25) is 19.3 Å². The van der Waals surface area contributed by atoms with Gasteiger partial charge in [0.05, 0.1) is 17.5 Å². The number of carbonyl (C=O) groups excluding carboxylic acids is 3. The van der Waals surface area contributed by atoms with Gasteiger partial charge >= 0.3 is 0 Å². The Morgan fingerprint density at radius 2 is 1.81 bits per heavy atom. The molecule has 4 atom stereocenters. The minimum Gasteiger partial charge on any atom is -0.324 e. The predicted octanol–water partition coefficient (Wildman–Crippen LogP) is 3.70. The summed E-state index contributed by atoms with van der Waals surface area (Å²) in [7, 11) is 0. The molecule has 1 N–H and O–H groups in total. The van der Waals surface area contributed by atoms with Crippen LogP contribution in [-0.4, -0.2) is 35.2 Å². The molecule has 6 rings (SSSR count). The van der Waals surface area contributed by atoms with Gasteiger partial charge in [-0.2, -0.15) is 0 Å². The third kappa shape index (κ3) is 2.22. The fourth-order valence-electron chi connectivity index (χ4n) is 6.73. The summed E-state index contributed by atoms with van der Waals surface area (Å²) in [4.78, 5) is 45.0. The molecule has 0 unspecified atom stereocenters. The second-order valence-corrected chi connectivity index (χ2v) is 10.0. The van der Waals surface area contributed by atoms with Crippen molar-refractivity contribution in [1.29, 1.82) is 0 Å². The van der Waals surface area contributed by atoms with Crippen LogP contribution in [0.2, 0.25) is 5.02 Å². The monoisotopic (exact) mass is 449 g/mol. The number of halogens is 1. The van der Waals surface area contributed by atoms with Crippen LogP contribution in [0.4, 0.5) is 11.4 Å². The van der Waals surface area contributed by atoms with Crippen LogP contribution < -0.4 is 10.2 Å². The fraction of sp³-hybridized carbons (Fsp3) is 0.400. The summed E-state index contributed by atoms with van der Waals surface area (Å²) in [6.45, 7) is 6.48. The van der Waals surface area contributed by atoms with Gasteiger partial charge in [0.25, 0.3) is 0 Å². The maximum absolute atomic E-state index is 14.0. The number of carbonyl (C=O) groups is 3. The smallest absolute Gasteiger partial charge is 0.250 e. The van der Waals surface area contributed by atoms with Gasteiger partial charge in [-0.15, -0.1) is 0 Å². The molecule has 1 spiro atoms. The van der Waals surface area contributed by atoms with Crippen LogP contribution in [0.15, 0.2) is 30.3 Å². The van der Waals surface area contributed by atoms with Crippen molar-refractivity contribution in [2.45, 2.75) is 45.2 Å². The lowest BCUT2D eigenvalue weighted by Gasteiger charge is -2.37. The van der Waals surface area contributed by atoms with E-state index in [1.54, 1.807) is 6.07 Å². The van der Waals surface area contributed by atoms with Crippen LogP contribution in [0.25, 0.3) is 0 Å². The summed E-state index contributed by atoms with van der Waals surface area (Å²) in [6, 6.07) is 9.21. The summed E-state index contributed by atoms with van der Waals surface area (Å²) in [5, 5.41) is 3.57. The van der Waals surface area contributed by atoms with E-state index >= 15 is 0 Å². The SMILES string of the molecule is Cc1ccc(N2C(=O)[C@@H]3[C@@H]4CCCN4[C@]4(C(=O)Nc5c(C)cc(Cl)cc54)[C@H]3C2=O)c(C)c1. The van der Waals surface area contributed by atoms with Crippen molar-refractivity contribution in [3.63, 3.8) is 0 Å². The first-order valence-electron chi connectivity index (χ1n) is 11.1. The number of benzene rings is 2. The van der Waals surface area contributed by atoms with Crippen molar-refractivity contribution in [3.05, 3.63) is 57.6 Å². The largest absolute Gasteiger partial charge is 0.324 e. The van der Waals surface area contributed by atoms with E-state index in [2.05, 4.69) is 10.2 Å². The highest BCUT2D eigenvalue weighted by Gasteiger charge is 2.74. The maximum Gasteiger partial charge on any atom is 0.250 e. The Balaban J connectivity index is 1.58. The molecule has 164 valence electrons. The Bertz CT molecular complexity index is 1240. The quantitative estimate of drug-likeness (QED) is 0.674. The van der Waals surface area contributed by atoms with Gasteiger partial charge in [0.15, 0.2) is 0 Å². The van der Waals surface area contributed by atoms with Gasteiger partial charge in [-0.05, 0) is 69.5 Å². The van der Waals surface area contributed by atoms with E-state index in [0.717, 1.165) is 40.8 Å².